The number of aromatic nitrogens is 3. The Labute approximate surface area is 165 Å². The summed E-state index contributed by atoms with van der Waals surface area (Å²) in [7, 11) is 0. The zero-order valence-corrected chi connectivity index (χ0v) is 15.4. The number of amides is 2. The molecule has 0 saturated carbocycles. The quantitative estimate of drug-likeness (QED) is 0.708. The number of ether oxygens (including phenoxy) is 1. The Balaban J connectivity index is 1.35. The van der Waals surface area contributed by atoms with Gasteiger partial charge in [0.15, 0.2) is 12.3 Å². The van der Waals surface area contributed by atoms with E-state index in [2.05, 4.69) is 15.5 Å². The van der Waals surface area contributed by atoms with Crippen LogP contribution in [0.25, 0.3) is 5.69 Å². The smallest absolute Gasteiger partial charge is 0.273 e. The number of para-hydroxylation sites is 1. The van der Waals surface area contributed by atoms with Crippen molar-refractivity contribution in [1.82, 2.24) is 25.2 Å². The van der Waals surface area contributed by atoms with Gasteiger partial charge >= 0.3 is 0 Å². The van der Waals surface area contributed by atoms with Crippen LogP contribution >= 0.6 is 0 Å². The molecule has 0 radical (unpaired) electrons. The Bertz CT molecular complexity index is 1040. The minimum Gasteiger partial charge on any atom is -0.483 e. The molecule has 0 aliphatic carbocycles. The molecular weight excluding hydrogens is 377 g/mol. The van der Waals surface area contributed by atoms with Crippen molar-refractivity contribution in [2.24, 2.45) is 0 Å². The van der Waals surface area contributed by atoms with E-state index in [1.807, 2.05) is 30.3 Å². The SMILES string of the molecule is O=C(NCCN1Cc2cc(F)ccc2OCC1=O)c1cnn(-c2ccccc2)n1. The number of nitrogens with one attached hydrogen (secondary N) is 1. The highest BCUT2D eigenvalue weighted by molar-refractivity contribution is 5.91. The molecule has 4 rings (SSSR count). The van der Waals surface area contributed by atoms with Crippen LogP contribution in [0.4, 0.5) is 4.39 Å². The van der Waals surface area contributed by atoms with Crippen molar-refractivity contribution in [2.75, 3.05) is 19.7 Å². The monoisotopic (exact) mass is 395 g/mol. The molecular formula is C20H18FN5O3. The zero-order valence-electron chi connectivity index (χ0n) is 15.4. The van der Waals surface area contributed by atoms with Crippen molar-refractivity contribution in [3.63, 3.8) is 0 Å². The van der Waals surface area contributed by atoms with Gasteiger partial charge < -0.3 is 15.0 Å². The van der Waals surface area contributed by atoms with E-state index in [1.54, 1.807) is 0 Å². The number of nitrogens with zero attached hydrogens (tertiary/aromatic N) is 4. The van der Waals surface area contributed by atoms with Gasteiger partial charge in [0, 0.05) is 25.2 Å². The highest BCUT2D eigenvalue weighted by Gasteiger charge is 2.22. The number of hydrogen-bond acceptors (Lipinski definition) is 5. The number of fused-ring (bicyclic) bond motifs is 1. The maximum absolute atomic E-state index is 13.5. The summed E-state index contributed by atoms with van der Waals surface area (Å²) in [5.74, 6) is -0.525. The van der Waals surface area contributed by atoms with Crippen LogP contribution in [0, 0.1) is 5.82 Å². The maximum Gasteiger partial charge on any atom is 0.273 e. The Morgan fingerprint density at radius 3 is 2.86 bits per heavy atom. The third-order valence-corrected chi connectivity index (χ3v) is 4.47. The van der Waals surface area contributed by atoms with E-state index < -0.39 is 11.7 Å². The van der Waals surface area contributed by atoms with Crippen LogP contribution in [0.1, 0.15) is 16.1 Å². The lowest BCUT2D eigenvalue weighted by Crippen LogP contribution is -2.39. The van der Waals surface area contributed by atoms with Crippen LogP contribution in [-0.2, 0) is 11.3 Å². The first-order valence-electron chi connectivity index (χ1n) is 9.05. The standard InChI is InChI=1S/C20H18FN5O3/c21-15-6-7-18-14(10-15)12-25(19(27)13-29-18)9-8-22-20(28)17-11-23-26(24-17)16-4-2-1-3-5-16/h1-7,10-11H,8-9,12-13H2,(H,22,28). The van der Waals surface area contributed by atoms with Crippen molar-refractivity contribution in [2.45, 2.75) is 6.54 Å². The first-order chi connectivity index (χ1) is 14.1. The molecule has 148 valence electrons. The third kappa shape index (κ3) is 4.23. The van der Waals surface area contributed by atoms with Gasteiger partial charge in [0.1, 0.15) is 11.6 Å². The van der Waals surface area contributed by atoms with Gasteiger partial charge in [-0.15, -0.1) is 5.10 Å². The number of rotatable bonds is 5. The second-order valence-electron chi connectivity index (χ2n) is 6.47. The first kappa shape index (κ1) is 18.6. The molecule has 0 bridgehead atoms. The van der Waals surface area contributed by atoms with Crippen LogP contribution < -0.4 is 10.1 Å². The molecule has 8 nitrogen and oxygen atoms in total. The number of carbonyl (C=O) groups excluding carboxylic acids is 2. The molecule has 1 aliphatic rings. The molecule has 3 aromatic rings. The van der Waals surface area contributed by atoms with Crippen LogP contribution in [-0.4, -0.2) is 51.4 Å². The van der Waals surface area contributed by atoms with Crippen LogP contribution in [0.3, 0.4) is 0 Å². The Morgan fingerprint density at radius 2 is 2.03 bits per heavy atom. The zero-order chi connectivity index (χ0) is 20.2. The third-order valence-electron chi connectivity index (χ3n) is 4.47. The van der Waals surface area contributed by atoms with E-state index in [4.69, 9.17) is 4.74 Å². The van der Waals surface area contributed by atoms with E-state index >= 15 is 0 Å². The summed E-state index contributed by atoms with van der Waals surface area (Å²) in [4.78, 5) is 27.5. The highest BCUT2D eigenvalue weighted by atomic mass is 19.1. The summed E-state index contributed by atoms with van der Waals surface area (Å²) in [5.41, 5.74) is 1.51. The first-order valence-corrected chi connectivity index (χ1v) is 9.05. The number of benzene rings is 2. The van der Waals surface area contributed by atoms with Crippen molar-refractivity contribution >= 4 is 11.8 Å². The second-order valence-corrected chi connectivity index (χ2v) is 6.47. The molecule has 0 spiro atoms. The Morgan fingerprint density at radius 1 is 1.21 bits per heavy atom. The molecule has 2 aromatic carbocycles. The highest BCUT2D eigenvalue weighted by Crippen LogP contribution is 2.24. The summed E-state index contributed by atoms with van der Waals surface area (Å²) in [6, 6.07) is 13.4. The molecule has 0 atom stereocenters. The fourth-order valence-electron chi connectivity index (χ4n) is 2.99. The normalized spacial score (nSPS) is 13.4. The van der Waals surface area contributed by atoms with Gasteiger partial charge in [-0.1, -0.05) is 18.2 Å². The van der Waals surface area contributed by atoms with Crippen LogP contribution in [0.15, 0.2) is 54.7 Å². The summed E-state index contributed by atoms with van der Waals surface area (Å²) >= 11 is 0. The van der Waals surface area contributed by atoms with E-state index in [1.165, 1.54) is 34.1 Å². The molecule has 2 amide bonds. The average molecular weight is 395 g/mol. The lowest BCUT2D eigenvalue weighted by Gasteiger charge is -2.20. The predicted molar refractivity (Wildman–Crippen MR) is 101 cm³/mol. The molecule has 0 unspecified atom stereocenters. The number of hydrogen-bond donors (Lipinski definition) is 1. The van der Waals surface area contributed by atoms with Gasteiger partial charge in [-0.05, 0) is 30.3 Å². The minimum absolute atomic E-state index is 0.127. The molecule has 29 heavy (non-hydrogen) atoms. The predicted octanol–water partition coefficient (Wildman–Crippen LogP) is 1.56. The van der Waals surface area contributed by atoms with E-state index in [-0.39, 0.29) is 37.8 Å². The van der Waals surface area contributed by atoms with Crippen molar-refractivity contribution in [3.05, 3.63) is 71.8 Å². The van der Waals surface area contributed by atoms with Crippen LogP contribution in [0.2, 0.25) is 0 Å². The topological polar surface area (TPSA) is 89.4 Å². The Kier molecular flexibility index (Phi) is 5.19. The van der Waals surface area contributed by atoms with Gasteiger partial charge in [-0.3, -0.25) is 9.59 Å². The number of halogens is 1. The lowest BCUT2D eigenvalue weighted by atomic mass is 10.2. The van der Waals surface area contributed by atoms with Gasteiger partial charge in [0.05, 0.1) is 11.9 Å². The fraction of sp³-hybridized carbons (Fsp3) is 0.200. The minimum atomic E-state index is -0.392. The molecule has 1 N–H and O–H groups in total. The van der Waals surface area contributed by atoms with Crippen LogP contribution in [0.5, 0.6) is 5.75 Å². The molecule has 2 heterocycles. The van der Waals surface area contributed by atoms with Gasteiger partial charge in [0.25, 0.3) is 11.8 Å². The van der Waals surface area contributed by atoms with Gasteiger partial charge in [-0.2, -0.15) is 9.90 Å². The van der Waals surface area contributed by atoms with E-state index in [0.717, 1.165) is 5.69 Å². The second kappa shape index (κ2) is 8.09. The van der Waals surface area contributed by atoms with Crippen molar-refractivity contribution in [3.8, 4) is 11.4 Å². The van der Waals surface area contributed by atoms with E-state index in [0.29, 0.717) is 11.3 Å². The van der Waals surface area contributed by atoms with Gasteiger partial charge in [0.2, 0.25) is 0 Å². The average Bonchev–Trinajstić information content (AvgIpc) is 3.17. The summed E-state index contributed by atoms with van der Waals surface area (Å²) in [6.07, 6.45) is 1.38. The van der Waals surface area contributed by atoms with E-state index in [9.17, 15) is 14.0 Å². The Hall–Kier alpha value is -3.75. The largest absolute Gasteiger partial charge is 0.483 e. The summed E-state index contributed by atoms with van der Waals surface area (Å²) in [6.45, 7) is 0.564. The number of carbonyl (C=O) groups is 2. The van der Waals surface area contributed by atoms with Crippen molar-refractivity contribution < 1.29 is 18.7 Å². The molecule has 0 saturated heterocycles. The molecule has 9 heteroatoms. The lowest BCUT2D eigenvalue weighted by molar-refractivity contribution is -0.133. The fourth-order valence-corrected chi connectivity index (χ4v) is 2.99. The summed E-state index contributed by atoms with van der Waals surface area (Å²) < 4.78 is 18.9. The molecule has 0 fully saturated rings. The summed E-state index contributed by atoms with van der Waals surface area (Å²) in [5, 5.41) is 11.0. The molecule has 1 aliphatic heterocycles. The maximum atomic E-state index is 13.5. The molecule has 1 aromatic heterocycles. The van der Waals surface area contributed by atoms with Gasteiger partial charge in [-0.25, -0.2) is 4.39 Å². The van der Waals surface area contributed by atoms with Crippen molar-refractivity contribution in [1.29, 1.82) is 0 Å².